The van der Waals surface area contributed by atoms with Crippen LogP contribution < -0.4 is 4.74 Å². The van der Waals surface area contributed by atoms with Gasteiger partial charge in [0.05, 0.1) is 5.56 Å². The van der Waals surface area contributed by atoms with E-state index in [2.05, 4.69) is 4.74 Å². The third-order valence-electron chi connectivity index (χ3n) is 4.67. The Balaban J connectivity index is 1.82. The lowest BCUT2D eigenvalue weighted by Gasteiger charge is -2.19. The van der Waals surface area contributed by atoms with Crippen molar-refractivity contribution in [2.24, 2.45) is 0 Å². The molecule has 3 aromatic carbocycles. The van der Waals surface area contributed by atoms with Crippen LogP contribution in [-0.2, 0) is 6.11 Å². The van der Waals surface area contributed by atoms with Crippen LogP contribution in [0.25, 0.3) is 17.0 Å². The van der Waals surface area contributed by atoms with Crippen molar-refractivity contribution in [1.29, 1.82) is 0 Å². The summed E-state index contributed by atoms with van der Waals surface area (Å²) in [6.07, 6.45) is -1.20. The van der Waals surface area contributed by atoms with E-state index in [0.717, 1.165) is 42.5 Å². The van der Waals surface area contributed by atoms with Gasteiger partial charge in [0.1, 0.15) is 11.6 Å². The average molecular weight is 484 g/mol. The Hall–Kier alpha value is -3.62. The van der Waals surface area contributed by atoms with E-state index in [9.17, 15) is 35.1 Å². The Kier molecular flexibility index (Phi) is 7.44. The monoisotopic (exact) mass is 484 g/mol. The highest BCUT2D eigenvalue weighted by Crippen LogP contribution is 2.35. The maximum atomic E-state index is 14.5. The SMILES string of the molecule is CC/C=C/C(F)=C(\F)c1ccc(C(F)(F)Oc2ccc(-c3cc(F)c(F)c(F)c3)c(F)c2)cc1. The van der Waals surface area contributed by atoms with Crippen molar-refractivity contribution in [3.63, 3.8) is 0 Å². The van der Waals surface area contributed by atoms with E-state index in [-0.39, 0.29) is 16.7 Å². The van der Waals surface area contributed by atoms with Gasteiger partial charge < -0.3 is 4.74 Å². The average Bonchev–Trinajstić information content (AvgIpc) is 2.80. The molecule has 0 saturated heterocycles. The zero-order chi connectivity index (χ0) is 25.0. The third kappa shape index (κ3) is 5.47. The van der Waals surface area contributed by atoms with E-state index in [0.29, 0.717) is 24.6 Å². The molecule has 0 aliphatic carbocycles. The lowest BCUT2D eigenvalue weighted by Crippen LogP contribution is -2.21. The molecule has 0 amide bonds. The molecule has 178 valence electrons. The molecule has 34 heavy (non-hydrogen) atoms. The van der Waals surface area contributed by atoms with Crippen LogP contribution in [0, 0.1) is 23.3 Å². The summed E-state index contributed by atoms with van der Waals surface area (Å²) in [5, 5.41) is 0. The normalized spacial score (nSPS) is 12.7. The molecule has 3 rings (SSSR count). The summed E-state index contributed by atoms with van der Waals surface area (Å²) in [4.78, 5) is 0. The highest BCUT2D eigenvalue weighted by atomic mass is 19.3. The number of allylic oxidation sites excluding steroid dienone is 3. The van der Waals surface area contributed by atoms with Crippen molar-refractivity contribution in [3.05, 3.63) is 107 Å². The van der Waals surface area contributed by atoms with Crippen LogP contribution in [0.4, 0.5) is 35.1 Å². The second kappa shape index (κ2) is 10.1. The van der Waals surface area contributed by atoms with Crippen LogP contribution in [0.15, 0.2) is 72.6 Å². The van der Waals surface area contributed by atoms with Gasteiger partial charge in [-0.3, -0.25) is 0 Å². The van der Waals surface area contributed by atoms with E-state index in [1.54, 1.807) is 6.92 Å². The number of hydrogen-bond donors (Lipinski definition) is 0. The van der Waals surface area contributed by atoms with Crippen LogP contribution in [0.1, 0.15) is 24.5 Å². The van der Waals surface area contributed by atoms with E-state index in [1.807, 2.05) is 0 Å². The maximum Gasteiger partial charge on any atom is 0.426 e. The summed E-state index contributed by atoms with van der Waals surface area (Å²) in [6.45, 7) is 1.72. The van der Waals surface area contributed by atoms with Crippen molar-refractivity contribution < 1.29 is 39.9 Å². The van der Waals surface area contributed by atoms with Gasteiger partial charge in [-0.25, -0.2) is 26.3 Å². The van der Waals surface area contributed by atoms with E-state index in [1.165, 1.54) is 6.08 Å². The minimum Gasteiger partial charge on any atom is -0.429 e. The molecule has 0 bridgehead atoms. The van der Waals surface area contributed by atoms with Crippen LogP contribution in [0.2, 0.25) is 0 Å². The Morgan fingerprint density at radius 2 is 1.47 bits per heavy atom. The molecule has 0 aliphatic rings. The maximum absolute atomic E-state index is 14.5. The number of ether oxygens (including phenoxy) is 1. The minimum absolute atomic E-state index is 0.271. The number of rotatable bonds is 7. The summed E-state index contributed by atoms with van der Waals surface area (Å²) in [6, 6.07) is 7.05. The second-order valence-electron chi connectivity index (χ2n) is 7.06. The fourth-order valence-electron chi connectivity index (χ4n) is 2.95. The Morgan fingerprint density at radius 1 is 0.853 bits per heavy atom. The van der Waals surface area contributed by atoms with Gasteiger partial charge in [-0.2, -0.15) is 8.78 Å². The fourth-order valence-corrected chi connectivity index (χ4v) is 2.95. The topological polar surface area (TPSA) is 9.23 Å². The highest BCUT2D eigenvalue weighted by Gasteiger charge is 2.35. The summed E-state index contributed by atoms with van der Waals surface area (Å²) >= 11 is 0. The molecule has 3 aromatic rings. The van der Waals surface area contributed by atoms with Gasteiger partial charge in [-0.15, -0.1) is 0 Å². The molecule has 9 heteroatoms. The highest BCUT2D eigenvalue weighted by molar-refractivity contribution is 5.65. The summed E-state index contributed by atoms with van der Waals surface area (Å²) in [5.74, 6) is -8.99. The van der Waals surface area contributed by atoms with E-state index < -0.39 is 52.3 Å². The van der Waals surface area contributed by atoms with Crippen LogP contribution in [0.3, 0.4) is 0 Å². The largest absolute Gasteiger partial charge is 0.429 e. The number of hydrogen-bond acceptors (Lipinski definition) is 1. The van der Waals surface area contributed by atoms with Gasteiger partial charge in [0.25, 0.3) is 0 Å². The first kappa shape index (κ1) is 25.0. The van der Waals surface area contributed by atoms with E-state index in [4.69, 9.17) is 0 Å². The molecule has 0 N–H and O–H groups in total. The van der Waals surface area contributed by atoms with Crippen molar-refractivity contribution in [1.82, 2.24) is 0 Å². The van der Waals surface area contributed by atoms with Gasteiger partial charge >= 0.3 is 6.11 Å². The third-order valence-corrected chi connectivity index (χ3v) is 4.67. The van der Waals surface area contributed by atoms with Gasteiger partial charge in [0.15, 0.2) is 29.1 Å². The molecule has 0 fully saturated rings. The zero-order valence-corrected chi connectivity index (χ0v) is 17.5. The quantitative estimate of drug-likeness (QED) is 0.185. The number of halogens is 8. The first-order chi connectivity index (χ1) is 16.0. The predicted molar refractivity (Wildman–Crippen MR) is 111 cm³/mol. The smallest absolute Gasteiger partial charge is 0.426 e. The first-order valence-electron chi connectivity index (χ1n) is 9.87. The lowest BCUT2D eigenvalue weighted by atomic mass is 10.0. The second-order valence-corrected chi connectivity index (χ2v) is 7.06. The van der Waals surface area contributed by atoms with Crippen molar-refractivity contribution in [2.45, 2.75) is 19.5 Å². The summed E-state index contributed by atoms with van der Waals surface area (Å²) < 4.78 is 116. The summed E-state index contributed by atoms with van der Waals surface area (Å²) in [7, 11) is 0. The Morgan fingerprint density at radius 3 is 2.03 bits per heavy atom. The van der Waals surface area contributed by atoms with Gasteiger partial charge in [0, 0.05) is 17.2 Å². The molecule has 0 spiro atoms. The van der Waals surface area contributed by atoms with Gasteiger partial charge in [-0.1, -0.05) is 25.1 Å². The molecule has 0 atom stereocenters. The lowest BCUT2D eigenvalue weighted by molar-refractivity contribution is -0.185. The molecule has 0 saturated carbocycles. The summed E-state index contributed by atoms with van der Waals surface area (Å²) in [5.41, 5.74) is -1.72. The Bertz CT molecular complexity index is 1220. The van der Waals surface area contributed by atoms with Crippen molar-refractivity contribution in [3.8, 4) is 16.9 Å². The van der Waals surface area contributed by atoms with Gasteiger partial charge in [0.2, 0.25) is 0 Å². The zero-order valence-electron chi connectivity index (χ0n) is 17.5. The molecule has 0 unspecified atom stereocenters. The standard InChI is InChI=1S/C25H16F8O/c1-2-3-4-19(26)23(30)14-5-7-16(8-6-14)25(32,33)34-17-9-10-18(20(27)13-17)15-11-21(28)24(31)22(29)12-15/h3-13H,2H2,1H3/b4-3+,23-19+. The van der Waals surface area contributed by atoms with Gasteiger partial charge in [-0.05, 0) is 54.5 Å². The molecule has 0 radical (unpaired) electrons. The van der Waals surface area contributed by atoms with Crippen molar-refractivity contribution in [2.75, 3.05) is 0 Å². The molecular formula is C25H16F8O. The molecular weight excluding hydrogens is 468 g/mol. The number of alkyl halides is 2. The Labute approximate surface area is 189 Å². The van der Waals surface area contributed by atoms with E-state index >= 15 is 0 Å². The molecule has 0 heterocycles. The van der Waals surface area contributed by atoms with Crippen LogP contribution in [-0.4, -0.2) is 0 Å². The predicted octanol–water partition coefficient (Wildman–Crippen LogP) is 8.61. The number of benzene rings is 3. The van der Waals surface area contributed by atoms with Crippen LogP contribution >= 0.6 is 0 Å². The fraction of sp³-hybridized carbons (Fsp3) is 0.120. The first-order valence-corrected chi connectivity index (χ1v) is 9.87. The van der Waals surface area contributed by atoms with Crippen molar-refractivity contribution >= 4 is 5.83 Å². The minimum atomic E-state index is -3.98. The molecule has 1 nitrogen and oxygen atoms in total. The van der Waals surface area contributed by atoms with Crippen LogP contribution in [0.5, 0.6) is 5.75 Å². The molecule has 0 aliphatic heterocycles. The molecule has 0 aromatic heterocycles.